The van der Waals surface area contributed by atoms with Crippen molar-refractivity contribution in [1.82, 2.24) is 14.4 Å². The van der Waals surface area contributed by atoms with Crippen LogP contribution in [-0.4, -0.2) is 51.9 Å². The predicted molar refractivity (Wildman–Crippen MR) is 125 cm³/mol. The number of nitro groups is 1. The Hall–Kier alpha value is -2.59. The molecule has 0 unspecified atom stereocenters. The summed E-state index contributed by atoms with van der Waals surface area (Å²) < 4.78 is 44.8. The first-order valence-electron chi connectivity index (χ1n) is 11.4. The Bertz CT molecular complexity index is 1180. The third kappa shape index (κ3) is 4.10. The van der Waals surface area contributed by atoms with Crippen molar-refractivity contribution in [2.75, 3.05) is 26.7 Å². The quantitative estimate of drug-likeness (QED) is 0.428. The van der Waals surface area contributed by atoms with Crippen molar-refractivity contribution in [1.29, 1.82) is 0 Å². The number of aromatic nitrogens is 1. The lowest BCUT2D eigenvalue weighted by Crippen LogP contribution is -2.57. The Morgan fingerprint density at radius 1 is 1.11 bits per heavy atom. The Balaban J connectivity index is 1.58. The zero-order valence-corrected chi connectivity index (χ0v) is 20.8. The van der Waals surface area contributed by atoms with Gasteiger partial charge in [-0.3, -0.25) is 19.8 Å². The Kier molecular flexibility index (Phi) is 6.20. The monoisotopic (exact) mass is 512 g/mol. The van der Waals surface area contributed by atoms with Crippen molar-refractivity contribution in [2.45, 2.75) is 57.2 Å². The Labute approximate surface area is 206 Å². The van der Waals surface area contributed by atoms with E-state index in [2.05, 4.69) is 4.90 Å². The zero-order valence-electron chi connectivity index (χ0n) is 20.1. The van der Waals surface area contributed by atoms with Gasteiger partial charge in [-0.2, -0.15) is 0 Å². The summed E-state index contributed by atoms with van der Waals surface area (Å²) in [4.78, 5) is 27.6. The number of nitrogens with zero attached hydrogens (tertiary/aromatic N) is 4. The minimum atomic E-state index is -3.03. The molecule has 7 nitrogen and oxygen atoms in total. The number of alkyl halides is 2. The van der Waals surface area contributed by atoms with Gasteiger partial charge in [-0.1, -0.05) is 11.6 Å². The summed E-state index contributed by atoms with van der Waals surface area (Å²) >= 11 is 6.49. The van der Waals surface area contributed by atoms with Crippen LogP contribution in [-0.2, 0) is 23.5 Å². The normalized spacial score (nSPS) is 18.6. The van der Waals surface area contributed by atoms with Crippen molar-refractivity contribution in [2.24, 2.45) is 0 Å². The molecule has 0 N–H and O–H groups in total. The van der Waals surface area contributed by atoms with Gasteiger partial charge in [0, 0.05) is 57.4 Å². The van der Waals surface area contributed by atoms with E-state index >= 15 is 0 Å². The topological polar surface area (TPSA) is 71.6 Å². The van der Waals surface area contributed by atoms with Gasteiger partial charge < -0.3 is 9.47 Å². The molecule has 4 rings (SSSR count). The summed E-state index contributed by atoms with van der Waals surface area (Å²) in [6, 6.07) is 5.06. The van der Waals surface area contributed by atoms with E-state index in [1.54, 1.807) is 9.47 Å². The highest BCUT2D eigenvalue weighted by molar-refractivity contribution is 6.31. The summed E-state index contributed by atoms with van der Waals surface area (Å²) in [6.07, 6.45) is 0.950. The second-order valence-electron chi connectivity index (χ2n) is 10.0. The van der Waals surface area contributed by atoms with Crippen LogP contribution in [0.25, 0.3) is 0 Å². The second-order valence-corrected chi connectivity index (χ2v) is 10.4. The molecule has 190 valence electrons. The van der Waals surface area contributed by atoms with Gasteiger partial charge >= 0.3 is 0 Å². The Morgan fingerprint density at radius 2 is 1.74 bits per heavy atom. The molecule has 2 aliphatic heterocycles. The average molecular weight is 513 g/mol. The van der Waals surface area contributed by atoms with Crippen LogP contribution in [0, 0.1) is 15.9 Å². The molecule has 1 saturated heterocycles. The van der Waals surface area contributed by atoms with E-state index < -0.39 is 27.7 Å². The number of benzene rings is 1. The SMILES string of the molecule is CN1CCn2c(C(C)(F)F)cc(Cl)c2C12CCN(C(=O)c1ccc(C(C)(C)[N+](=O)[O-])c(F)c1)CC2. The molecule has 2 aliphatic rings. The van der Waals surface area contributed by atoms with E-state index in [4.69, 9.17) is 11.6 Å². The first-order valence-corrected chi connectivity index (χ1v) is 11.8. The molecule has 1 fully saturated rings. The Morgan fingerprint density at radius 3 is 2.29 bits per heavy atom. The van der Waals surface area contributed by atoms with Gasteiger partial charge in [0.25, 0.3) is 11.8 Å². The number of likely N-dealkylation sites (N-methyl/N-ethyl adjacent to an activating group) is 1. The minimum absolute atomic E-state index is 0.0978. The number of amides is 1. The molecule has 0 radical (unpaired) electrons. The number of hydrogen-bond donors (Lipinski definition) is 0. The maximum absolute atomic E-state index is 14.7. The van der Waals surface area contributed by atoms with Gasteiger partial charge in [-0.25, -0.2) is 13.2 Å². The molecule has 1 amide bonds. The lowest BCUT2D eigenvalue weighted by atomic mass is 9.81. The average Bonchev–Trinajstić information content (AvgIpc) is 3.14. The van der Waals surface area contributed by atoms with Crippen LogP contribution in [0.2, 0.25) is 5.02 Å². The number of carbonyl (C=O) groups excluding carboxylic acids is 1. The zero-order chi connectivity index (χ0) is 25.9. The number of halogens is 4. The molecule has 11 heteroatoms. The van der Waals surface area contributed by atoms with Crippen molar-refractivity contribution in [3.63, 3.8) is 0 Å². The molecule has 0 aliphatic carbocycles. The van der Waals surface area contributed by atoms with E-state index in [1.807, 2.05) is 7.05 Å². The molecule has 0 atom stereocenters. The van der Waals surface area contributed by atoms with Gasteiger partial charge in [-0.05, 0) is 44.2 Å². The molecule has 1 spiro atoms. The highest BCUT2D eigenvalue weighted by Crippen LogP contribution is 2.47. The largest absolute Gasteiger partial charge is 0.339 e. The van der Waals surface area contributed by atoms with Crippen molar-refractivity contribution < 1.29 is 22.9 Å². The number of rotatable bonds is 4. The molecule has 0 bridgehead atoms. The van der Waals surface area contributed by atoms with Gasteiger partial charge in [0.1, 0.15) is 5.82 Å². The highest BCUT2D eigenvalue weighted by Gasteiger charge is 2.48. The van der Waals surface area contributed by atoms with E-state index in [0.717, 1.165) is 13.0 Å². The molecule has 35 heavy (non-hydrogen) atoms. The lowest BCUT2D eigenvalue weighted by molar-refractivity contribution is -0.569. The fraction of sp³-hybridized carbons (Fsp3) is 0.542. The molecule has 1 aromatic carbocycles. The lowest BCUT2D eigenvalue weighted by Gasteiger charge is -2.51. The predicted octanol–water partition coefficient (Wildman–Crippen LogP) is 4.98. The standard InChI is InChI=1S/C24H28ClF3N4O3/c1-22(2,32(34)35)16-6-5-15(13-18(16)26)21(33)30-9-7-24(8-10-30)20-17(25)14-19(23(3,27)28)31(20)12-11-29(24)4/h5-6,13-14H,7-12H2,1-4H3. The first-order chi connectivity index (χ1) is 16.2. The van der Waals surface area contributed by atoms with E-state index in [9.17, 15) is 28.1 Å². The molecule has 1 aromatic heterocycles. The summed E-state index contributed by atoms with van der Waals surface area (Å²) in [5.74, 6) is -4.23. The minimum Gasteiger partial charge on any atom is -0.339 e. The van der Waals surface area contributed by atoms with Crippen LogP contribution < -0.4 is 0 Å². The fourth-order valence-electron chi connectivity index (χ4n) is 5.35. The number of hydrogen-bond acceptors (Lipinski definition) is 4. The number of likely N-dealkylation sites (tertiary alicyclic amines) is 1. The summed E-state index contributed by atoms with van der Waals surface area (Å²) in [6.45, 7) is 5.08. The third-order valence-electron chi connectivity index (χ3n) is 7.54. The maximum Gasteiger partial charge on any atom is 0.285 e. The molecule has 3 heterocycles. The van der Waals surface area contributed by atoms with E-state index in [0.29, 0.717) is 49.7 Å². The van der Waals surface area contributed by atoms with Crippen LogP contribution >= 0.6 is 11.6 Å². The molecule has 2 aromatic rings. The van der Waals surface area contributed by atoms with Crippen LogP contribution in [0.1, 0.15) is 60.9 Å². The van der Waals surface area contributed by atoms with Crippen LogP contribution in [0.4, 0.5) is 13.2 Å². The van der Waals surface area contributed by atoms with E-state index in [1.165, 1.54) is 32.0 Å². The van der Waals surface area contributed by atoms with Crippen LogP contribution in [0.3, 0.4) is 0 Å². The fourth-order valence-corrected chi connectivity index (χ4v) is 5.73. The highest BCUT2D eigenvalue weighted by atomic mass is 35.5. The molecule has 0 saturated carbocycles. The first kappa shape index (κ1) is 25.5. The maximum atomic E-state index is 14.7. The van der Waals surface area contributed by atoms with Crippen molar-refractivity contribution in [3.05, 3.63) is 67.7 Å². The van der Waals surface area contributed by atoms with Crippen LogP contribution in [0.5, 0.6) is 0 Å². The summed E-state index contributed by atoms with van der Waals surface area (Å²) in [5, 5.41) is 11.6. The van der Waals surface area contributed by atoms with Gasteiger partial charge in [-0.15, -0.1) is 0 Å². The van der Waals surface area contributed by atoms with E-state index in [-0.39, 0.29) is 22.7 Å². The number of fused-ring (bicyclic) bond motifs is 2. The van der Waals surface area contributed by atoms with Crippen molar-refractivity contribution >= 4 is 17.5 Å². The van der Waals surface area contributed by atoms with Gasteiger partial charge in [0.05, 0.1) is 27.5 Å². The second kappa shape index (κ2) is 8.51. The van der Waals surface area contributed by atoms with Crippen LogP contribution in [0.15, 0.2) is 24.3 Å². The van der Waals surface area contributed by atoms with Gasteiger partial charge in [0.15, 0.2) is 0 Å². The number of piperidine rings is 1. The number of carbonyl (C=O) groups is 1. The molecular formula is C24H28ClF3N4O3. The third-order valence-corrected chi connectivity index (χ3v) is 7.83. The molecular weight excluding hydrogens is 485 g/mol. The summed E-state index contributed by atoms with van der Waals surface area (Å²) in [7, 11) is 1.93. The smallest absolute Gasteiger partial charge is 0.285 e. The summed E-state index contributed by atoms with van der Waals surface area (Å²) in [5.41, 5.74) is -1.69. The van der Waals surface area contributed by atoms with Gasteiger partial charge in [0.2, 0.25) is 5.54 Å². The van der Waals surface area contributed by atoms with Crippen molar-refractivity contribution in [3.8, 4) is 0 Å².